The standard InChI is InChI=1S/C25H28N2O6/c28-23(27-15-33-17-11-9-16(10-12-17)24(29)30)13-26-25(31)32-14-22-20-7-3-1-5-18(20)19-6-2-4-8-21(19)22/h1-8,16-17,22H,9-15H2,(H,26,31)(H,27,28)(H,29,30). The van der Waals surface area contributed by atoms with Gasteiger partial charge in [0.1, 0.15) is 19.9 Å². The minimum absolute atomic E-state index is 0.0214. The normalized spacial score (nSPS) is 19.3. The summed E-state index contributed by atoms with van der Waals surface area (Å²) in [4.78, 5) is 35.1. The van der Waals surface area contributed by atoms with E-state index in [1.165, 1.54) is 0 Å². The maximum Gasteiger partial charge on any atom is 0.407 e. The highest BCUT2D eigenvalue weighted by Crippen LogP contribution is 2.44. The van der Waals surface area contributed by atoms with Crippen LogP contribution in [-0.2, 0) is 19.1 Å². The van der Waals surface area contributed by atoms with Crippen molar-refractivity contribution in [3.63, 3.8) is 0 Å². The van der Waals surface area contributed by atoms with E-state index in [2.05, 4.69) is 22.8 Å². The van der Waals surface area contributed by atoms with E-state index < -0.39 is 12.1 Å². The first-order valence-electron chi connectivity index (χ1n) is 11.2. The summed E-state index contributed by atoms with van der Waals surface area (Å²) in [5, 5.41) is 14.1. The van der Waals surface area contributed by atoms with Gasteiger partial charge in [-0.1, -0.05) is 48.5 Å². The molecule has 0 saturated heterocycles. The van der Waals surface area contributed by atoms with Gasteiger partial charge in [-0.05, 0) is 47.9 Å². The molecule has 0 aliphatic heterocycles. The highest BCUT2D eigenvalue weighted by atomic mass is 16.5. The highest BCUT2D eigenvalue weighted by molar-refractivity contribution is 5.82. The summed E-state index contributed by atoms with van der Waals surface area (Å²) in [6.45, 7) is -0.0109. The summed E-state index contributed by atoms with van der Waals surface area (Å²) in [7, 11) is 0. The number of alkyl carbamates (subject to hydrolysis) is 1. The monoisotopic (exact) mass is 452 g/mol. The van der Waals surface area contributed by atoms with E-state index in [9.17, 15) is 14.4 Å². The maximum atomic E-state index is 12.1. The van der Waals surface area contributed by atoms with Gasteiger partial charge in [0.05, 0.1) is 12.0 Å². The van der Waals surface area contributed by atoms with Crippen LogP contribution in [0.15, 0.2) is 48.5 Å². The molecular weight excluding hydrogens is 424 g/mol. The minimum atomic E-state index is -0.763. The Morgan fingerprint density at radius 1 is 0.879 bits per heavy atom. The quantitative estimate of drug-likeness (QED) is 0.530. The van der Waals surface area contributed by atoms with E-state index in [1.807, 2.05) is 36.4 Å². The van der Waals surface area contributed by atoms with Crippen LogP contribution in [0.25, 0.3) is 11.1 Å². The second-order valence-corrected chi connectivity index (χ2v) is 8.40. The molecule has 0 bridgehead atoms. The predicted molar refractivity (Wildman–Crippen MR) is 121 cm³/mol. The summed E-state index contributed by atoms with van der Waals surface area (Å²) >= 11 is 0. The van der Waals surface area contributed by atoms with E-state index in [4.69, 9.17) is 14.6 Å². The predicted octanol–water partition coefficient (Wildman–Crippen LogP) is 3.26. The highest BCUT2D eigenvalue weighted by Gasteiger charge is 2.29. The van der Waals surface area contributed by atoms with E-state index in [0.29, 0.717) is 25.7 Å². The van der Waals surface area contributed by atoms with Gasteiger partial charge in [0, 0.05) is 5.92 Å². The smallest absolute Gasteiger partial charge is 0.407 e. The Morgan fingerprint density at radius 3 is 2.09 bits per heavy atom. The molecule has 1 fully saturated rings. The molecule has 174 valence electrons. The first-order valence-corrected chi connectivity index (χ1v) is 11.2. The van der Waals surface area contributed by atoms with Gasteiger partial charge in [-0.25, -0.2) is 4.79 Å². The van der Waals surface area contributed by atoms with Gasteiger partial charge in [0.25, 0.3) is 0 Å². The van der Waals surface area contributed by atoms with E-state index >= 15 is 0 Å². The van der Waals surface area contributed by atoms with Crippen molar-refractivity contribution in [3.05, 3.63) is 59.7 Å². The van der Waals surface area contributed by atoms with Crippen molar-refractivity contribution in [2.75, 3.05) is 19.9 Å². The van der Waals surface area contributed by atoms with Crippen LogP contribution in [0, 0.1) is 5.92 Å². The molecule has 2 aliphatic rings. The molecule has 3 N–H and O–H groups in total. The zero-order chi connectivity index (χ0) is 23.2. The largest absolute Gasteiger partial charge is 0.481 e. The lowest BCUT2D eigenvalue weighted by atomic mass is 9.87. The SMILES string of the molecule is O=C(CNC(=O)OCC1c2ccccc2-c2ccccc21)NCOC1CCC(C(=O)O)CC1. The number of nitrogens with one attached hydrogen (secondary N) is 2. The van der Waals surface area contributed by atoms with Crippen LogP contribution in [0.2, 0.25) is 0 Å². The number of carboxylic acid groups (broad SMARTS) is 1. The van der Waals surface area contributed by atoms with Gasteiger partial charge >= 0.3 is 12.1 Å². The van der Waals surface area contributed by atoms with E-state index in [0.717, 1.165) is 22.3 Å². The first-order chi connectivity index (χ1) is 16.0. The third-order valence-corrected chi connectivity index (χ3v) is 6.35. The summed E-state index contributed by atoms with van der Waals surface area (Å²) in [5.74, 6) is -1.49. The lowest BCUT2D eigenvalue weighted by Crippen LogP contribution is -2.39. The zero-order valence-electron chi connectivity index (χ0n) is 18.3. The zero-order valence-corrected chi connectivity index (χ0v) is 18.3. The fourth-order valence-electron chi connectivity index (χ4n) is 4.58. The maximum absolute atomic E-state index is 12.1. The summed E-state index contributed by atoms with van der Waals surface area (Å²) < 4.78 is 11.0. The molecule has 8 heteroatoms. The topological polar surface area (TPSA) is 114 Å². The Balaban J connectivity index is 1.16. The Bertz CT molecular complexity index is 970. The number of fused-ring (bicyclic) bond motifs is 3. The van der Waals surface area contributed by atoms with Crippen LogP contribution in [0.5, 0.6) is 0 Å². The summed E-state index contributed by atoms with van der Waals surface area (Å²) in [6, 6.07) is 16.2. The fraction of sp³-hybridized carbons (Fsp3) is 0.400. The second kappa shape index (κ2) is 10.5. The van der Waals surface area contributed by atoms with Crippen LogP contribution in [0.1, 0.15) is 42.7 Å². The number of benzene rings is 2. The number of carboxylic acids is 1. The summed E-state index contributed by atoms with van der Waals surface area (Å²) in [5.41, 5.74) is 4.55. The Labute approximate surface area is 192 Å². The number of aliphatic carboxylic acids is 1. The molecule has 0 spiro atoms. The molecule has 2 aromatic rings. The molecule has 0 heterocycles. The van der Waals surface area contributed by atoms with Crippen molar-refractivity contribution in [1.29, 1.82) is 0 Å². The minimum Gasteiger partial charge on any atom is -0.481 e. The lowest BCUT2D eigenvalue weighted by Gasteiger charge is -2.26. The Kier molecular flexibility index (Phi) is 7.24. The third kappa shape index (κ3) is 5.51. The molecule has 4 rings (SSSR count). The average Bonchev–Trinajstić information content (AvgIpc) is 3.15. The number of hydrogen-bond acceptors (Lipinski definition) is 5. The van der Waals surface area contributed by atoms with Crippen LogP contribution < -0.4 is 10.6 Å². The van der Waals surface area contributed by atoms with Crippen LogP contribution in [-0.4, -0.2) is 49.1 Å². The number of carbonyl (C=O) groups is 3. The fourth-order valence-corrected chi connectivity index (χ4v) is 4.58. The van der Waals surface area contributed by atoms with E-state index in [1.54, 1.807) is 0 Å². The molecule has 33 heavy (non-hydrogen) atoms. The third-order valence-electron chi connectivity index (χ3n) is 6.35. The second-order valence-electron chi connectivity index (χ2n) is 8.40. The van der Waals surface area contributed by atoms with Gasteiger partial charge in [0.2, 0.25) is 5.91 Å². The number of amides is 2. The van der Waals surface area contributed by atoms with Gasteiger partial charge in [-0.15, -0.1) is 0 Å². The molecule has 0 unspecified atom stereocenters. The van der Waals surface area contributed by atoms with Gasteiger partial charge in [0.15, 0.2) is 0 Å². The number of carbonyl (C=O) groups excluding carboxylic acids is 2. The van der Waals surface area contributed by atoms with Gasteiger partial charge < -0.3 is 25.2 Å². The Hall–Kier alpha value is -3.39. The lowest BCUT2D eigenvalue weighted by molar-refractivity contribution is -0.143. The molecule has 2 amide bonds. The van der Waals surface area contributed by atoms with E-state index in [-0.39, 0.29) is 43.7 Å². The van der Waals surface area contributed by atoms with Crippen molar-refractivity contribution in [3.8, 4) is 11.1 Å². The molecule has 1 saturated carbocycles. The molecule has 0 aromatic heterocycles. The van der Waals surface area contributed by atoms with Crippen molar-refractivity contribution < 1.29 is 29.0 Å². The summed E-state index contributed by atoms with van der Waals surface area (Å²) in [6.07, 6.45) is 1.76. The van der Waals surface area contributed by atoms with Crippen molar-refractivity contribution in [2.24, 2.45) is 5.92 Å². The van der Waals surface area contributed by atoms with Gasteiger partial charge in [-0.3, -0.25) is 9.59 Å². The van der Waals surface area contributed by atoms with Crippen molar-refractivity contribution >= 4 is 18.0 Å². The molecule has 0 radical (unpaired) electrons. The van der Waals surface area contributed by atoms with Gasteiger partial charge in [-0.2, -0.15) is 0 Å². The van der Waals surface area contributed by atoms with Crippen LogP contribution in [0.4, 0.5) is 4.79 Å². The molecule has 0 atom stereocenters. The molecule has 2 aliphatic carbocycles. The van der Waals surface area contributed by atoms with Crippen molar-refractivity contribution in [1.82, 2.24) is 10.6 Å². The number of hydrogen-bond donors (Lipinski definition) is 3. The van der Waals surface area contributed by atoms with Crippen molar-refractivity contribution in [2.45, 2.75) is 37.7 Å². The molecular formula is C25H28N2O6. The first kappa shape index (κ1) is 22.8. The number of rotatable bonds is 8. The van der Waals surface area contributed by atoms with Crippen LogP contribution in [0.3, 0.4) is 0 Å². The number of ether oxygens (including phenoxy) is 2. The molecule has 2 aromatic carbocycles. The van der Waals surface area contributed by atoms with Crippen LogP contribution >= 0.6 is 0 Å². The Morgan fingerprint density at radius 2 is 1.48 bits per heavy atom. The average molecular weight is 453 g/mol. The molecule has 8 nitrogen and oxygen atoms in total.